The van der Waals surface area contributed by atoms with Crippen LogP contribution in [0.4, 0.5) is 5.82 Å². The van der Waals surface area contributed by atoms with Crippen LogP contribution < -0.4 is 15.8 Å². The Morgan fingerprint density at radius 2 is 2.13 bits per heavy atom. The van der Waals surface area contributed by atoms with E-state index in [-0.39, 0.29) is 0 Å². The Kier molecular flexibility index (Phi) is 5.44. The van der Waals surface area contributed by atoms with Gasteiger partial charge in [-0.1, -0.05) is 23.7 Å². The van der Waals surface area contributed by atoms with Crippen molar-refractivity contribution < 1.29 is 4.74 Å². The number of fused-ring (bicyclic) bond motifs is 1. The van der Waals surface area contributed by atoms with Gasteiger partial charge in [0.1, 0.15) is 24.2 Å². The number of nitrogens with zero attached hydrogens (tertiary/aromatic N) is 4. The van der Waals surface area contributed by atoms with E-state index in [1.807, 2.05) is 40.9 Å². The molecule has 1 aliphatic heterocycles. The minimum absolute atomic E-state index is 0.356. The molecular weight excluding hydrogens is 412 g/mol. The molecule has 4 heterocycles. The summed E-state index contributed by atoms with van der Waals surface area (Å²) in [6.45, 7) is 2.34. The molecule has 0 radical (unpaired) electrons. The van der Waals surface area contributed by atoms with Gasteiger partial charge in [-0.2, -0.15) is 5.10 Å². The van der Waals surface area contributed by atoms with Crippen molar-refractivity contribution in [2.75, 3.05) is 18.8 Å². The molecule has 1 saturated heterocycles. The summed E-state index contributed by atoms with van der Waals surface area (Å²) in [5, 5.41) is 8.51. The molecule has 31 heavy (non-hydrogen) atoms. The average molecular weight is 435 g/mol. The quantitative estimate of drug-likeness (QED) is 0.492. The zero-order chi connectivity index (χ0) is 21.2. The van der Waals surface area contributed by atoms with Crippen LogP contribution >= 0.6 is 11.6 Å². The van der Waals surface area contributed by atoms with Crippen LogP contribution in [-0.2, 0) is 6.61 Å². The molecule has 0 aliphatic carbocycles. The fourth-order valence-corrected chi connectivity index (χ4v) is 4.36. The minimum atomic E-state index is 0.356. The van der Waals surface area contributed by atoms with Crippen molar-refractivity contribution in [3.8, 4) is 16.9 Å². The van der Waals surface area contributed by atoms with Crippen molar-refractivity contribution in [3.63, 3.8) is 0 Å². The number of piperidine rings is 1. The summed E-state index contributed by atoms with van der Waals surface area (Å²) in [4.78, 5) is 8.50. The molecule has 1 aliphatic rings. The number of nitrogen functional groups attached to an aromatic ring is 1. The molecule has 7 nitrogen and oxygen atoms in total. The van der Waals surface area contributed by atoms with Crippen LogP contribution in [-0.4, -0.2) is 32.7 Å². The summed E-state index contributed by atoms with van der Waals surface area (Å²) in [7, 11) is 0. The SMILES string of the molecule is Nc1ncnn2c(C3CCCNC3)cc(-c3ccc(OCc4ccccn4)c(Cl)c3)c12. The van der Waals surface area contributed by atoms with Gasteiger partial charge in [-0.3, -0.25) is 4.98 Å². The number of ether oxygens (including phenoxy) is 1. The standard InChI is InChI=1S/C23H23ClN6O/c24-19-10-15(6-7-21(19)31-13-17-5-1-2-9-27-17)18-11-20(16-4-3-8-26-12-16)30-22(18)23(25)28-14-29-30/h1-2,5-7,9-11,14,16,26H,3-4,8,12-13H2,(H2,25,28,29). The van der Waals surface area contributed by atoms with E-state index >= 15 is 0 Å². The number of hydrogen-bond acceptors (Lipinski definition) is 6. The molecule has 1 aromatic carbocycles. The third kappa shape index (κ3) is 3.94. The van der Waals surface area contributed by atoms with Gasteiger partial charge in [-0.15, -0.1) is 0 Å². The first-order valence-electron chi connectivity index (χ1n) is 10.4. The van der Waals surface area contributed by atoms with Crippen LogP contribution in [0.5, 0.6) is 5.75 Å². The second-order valence-electron chi connectivity index (χ2n) is 7.69. The molecular formula is C23H23ClN6O. The summed E-state index contributed by atoms with van der Waals surface area (Å²) in [5.41, 5.74) is 11.0. The number of nitrogens with one attached hydrogen (secondary N) is 1. The smallest absolute Gasteiger partial charge is 0.151 e. The van der Waals surface area contributed by atoms with Gasteiger partial charge in [0.25, 0.3) is 0 Å². The normalized spacial score (nSPS) is 16.5. The molecule has 8 heteroatoms. The van der Waals surface area contributed by atoms with Gasteiger partial charge < -0.3 is 15.8 Å². The Balaban J connectivity index is 1.49. The first-order chi connectivity index (χ1) is 15.2. The highest BCUT2D eigenvalue weighted by Crippen LogP contribution is 2.37. The van der Waals surface area contributed by atoms with E-state index < -0.39 is 0 Å². The van der Waals surface area contributed by atoms with E-state index in [2.05, 4.69) is 26.4 Å². The molecule has 0 spiro atoms. The number of benzene rings is 1. The van der Waals surface area contributed by atoms with Gasteiger partial charge in [0.15, 0.2) is 5.82 Å². The lowest BCUT2D eigenvalue weighted by atomic mass is 9.95. The largest absolute Gasteiger partial charge is 0.486 e. The molecule has 1 fully saturated rings. The van der Waals surface area contributed by atoms with Crippen molar-refractivity contribution in [3.05, 3.63) is 71.4 Å². The first kappa shape index (κ1) is 19.8. The Bertz CT molecular complexity index is 1200. The molecule has 0 amide bonds. The van der Waals surface area contributed by atoms with E-state index in [0.29, 0.717) is 29.1 Å². The van der Waals surface area contributed by atoms with Crippen molar-refractivity contribution in [1.82, 2.24) is 24.9 Å². The number of rotatable bonds is 5. The van der Waals surface area contributed by atoms with Crippen LogP contribution in [0.15, 0.2) is 55.0 Å². The number of anilines is 1. The fourth-order valence-electron chi connectivity index (χ4n) is 4.13. The van der Waals surface area contributed by atoms with Crippen molar-refractivity contribution in [2.45, 2.75) is 25.4 Å². The Morgan fingerprint density at radius 3 is 2.90 bits per heavy atom. The van der Waals surface area contributed by atoms with Gasteiger partial charge in [-0.05, 0) is 55.3 Å². The lowest BCUT2D eigenvalue weighted by Gasteiger charge is -2.22. The molecule has 0 bridgehead atoms. The number of nitrogens with two attached hydrogens (primary N) is 1. The summed E-state index contributed by atoms with van der Waals surface area (Å²) >= 11 is 6.57. The summed E-state index contributed by atoms with van der Waals surface area (Å²) in [6, 6.07) is 13.7. The fraction of sp³-hybridized carbons (Fsp3) is 0.261. The molecule has 3 aromatic heterocycles. The summed E-state index contributed by atoms with van der Waals surface area (Å²) in [5.74, 6) is 1.44. The number of hydrogen-bond donors (Lipinski definition) is 2. The predicted molar refractivity (Wildman–Crippen MR) is 121 cm³/mol. The maximum atomic E-state index is 6.57. The number of aromatic nitrogens is 4. The van der Waals surface area contributed by atoms with E-state index in [9.17, 15) is 0 Å². The molecule has 1 atom stereocenters. The van der Waals surface area contributed by atoms with Crippen molar-refractivity contribution in [1.29, 1.82) is 0 Å². The second kappa shape index (κ2) is 8.53. The highest BCUT2D eigenvalue weighted by Gasteiger charge is 2.23. The van der Waals surface area contributed by atoms with E-state index in [4.69, 9.17) is 22.1 Å². The third-order valence-electron chi connectivity index (χ3n) is 5.67. The lowest BCUT2D eigenvalue weighted by molar-refractivity contribution is 0.301. The van der Waals surface area contributed by atoms with Crippen molar-refractivity contribution >= 4 is 22.9 Å². The van der Waals surface area contributed by atoms with Gasteiger partial charge in [-0.25, -0.2) is 9.50 Å². The maximum Gasteiger partial charge on any atom is 0.151 e. The lowest BCUT2D eigenvalue weighted by Crippen LogP contribution is -2.29. The van der Waals surface area contributed by atoms with Gasteiger partial charge >= 0.3 is 0 Å². The van der Waals surface area contributed by atoms with Crippen LogP contribution in [0.1, 0.15) is 30.1 Å². The highest BCUT2D eigenvalue weighted by atomic mass is 35.5. The number of halogens is 1. The molecule has 3 N–H and O–H groups in total. The first-order valence-corrected chi connectivity index (χ1v) is 10.7. The zero-order valence-electron chi connectivity index (χ0n) is 17.0. The van der Waals surface area contributed by atoms with Crippen LogP contribution in [0.25, 0.3) is 16.6 Å². The van der Waals surface area contributed by atoms with E-state index in [1.165, 1.54) is 6.33 Å². The van der Waals surface area contributed by atoms with E-state index in [1.54, 1.807) is 6.20 Å². The van der Waals surface area contributed by atoms with Crippen LogP contribution in [0.3, 0.4) is 0 Å². The third-order valence-corrected chi connectivity index (χ3v) is 5.97. The maximum absolute atomic E-state index is 6.57. The second-order valence-corrected chi connectivity index (χ2v) is 8.09. The summed E-state index contributed by atoms with van der Waals surface area (Å²) < 4.78 is 7.79. The average Bonchev–Trinajstić information content (AvgIpc) is 3.21. The van der Waals surface area contributed by atoms with Crippen LogP contribution in [0.2, 0.25) is 5.02 Å². The predicted octanol–water partition coefficient (Wildman–Crippen LogP) is 4.07. The zero-order valence-corrected chi connectivity index (χ0v) is 17.7. The Morgan fingerprint density at radius 1 is 1.19 bits per heavy atom. The summed E-state index contributed by atoms with van der Waals surface area (Å²) in [6.07, 6.45) is 5.51. The van der Waals surface area contributed by atoms with Gasteiger partial charge in [0, 0.05) is 29.9 Å². The molecule has 5 rings (SSSR count). The molecule has 158 valence electrons. The number of pyridine rings is 1. The van der Waals surface area contributed by atoms with E-state index in [0.717, 1.165) is 54.0 Å². The monoisotopic (exact) mass is 434 g/mol. The molecule has 0 saturated carbocycles. The highest BCUT2D eigenvalue weighted by molar-refractivity contribution is 6.32. The van der Waals surface area contributed by atoms with Gasteiger partial charge in [0.2, 0.25) is 0 Å². The topological polar surface area (TPSA) is 90.4 Å². The Labute approximate surface area is 185 Å². The Hall–Kier alpha value is -3.16. The molecule has 1 unspecified atom stereocenters. The minimum Gasteiger partial charge on any atom is -0.486 e. The van der Waals surface area contributed by atoms with Crippen LogP contribution in [0, 0.1) is 0 Å². The molecule has 4 aromatic rings. The van der Waals surface area contributed by atoms with Gasteiger partial charge in [0.05, 0.1) is 10.7 Å². The van der Waals surface area contributed by atoms with Crippen molar-refractivity contribution in [2.24, 2.45) is 0 Å².